The molecule has 1 aromatic rings. The van der Waals surface area contributed by atoms with Crippen LogP contribution < -0.4 is 5.73 Å². The zero-order chi connectivity index (χ0) is 13.0. The van der Waals surface area contributed by atoms with Crippen LogP contribution in [0.15, 0.2) is 18.2 Å². The summed E-state index contributed by atoms with van der Waals surface area (Å²) in [6, 6.07) is 1.41. The molecule has 0 aliphatic rings. The van der Waals surface area contributed by atoms with E-state index < -0.39 is 35.8 Å². The van der Waals surface area contributed by atoms with E-state index >= 15 is 0 Å². The third-order valence-electron chi connectivity index (χ3n) is 2.14. The van der Waals surface area contributed by atoms with Gasteiger partial charge in [0.15, 0.2) is 5.78 Å². The molecule has 0 amide bonds. The van der Waals surface area contributed by atoms with Gasteiger partial charge in [-0.3, -0.25) is 9.59 Å². The van der Waals surface area contributed by atoms with Gasteiger partial charge in [-0.25, -0.2) is 8.78 Å². The first kappa shape index (κ1) is 13.2. The number of ketones is 1. The van der Waals surface area contributed by atoms with Gasteiger partial charge in [0.25, 0.3) is 0 Å². The number of hydrogen-bond donors (Lipinski definition) is 1. The largest absolute Gasteiger partial charge is 0.468 e. The van der Waals surface area contributed by atoms with Gasteiger partial charge in [0.05, 0.1) is 12.7 Å². The molecule has 17 heavy (non-hydrogen) atoms. The number of rotatable bonds is 4. The van der Waals surface area contributed by atoms with Gasteiger partial charge in [0.1, 0.15) is 17.7 Å². The molecule has 0 aliphatic heterocycles. The predicted molar refractivity (Wildman–Crippen MR) is 55.3 cm³/mol. The number of ether oxygens (including phenoxy) is 1. The molecule has 1 rings (SSSR count). The first-order valence-corrected chi connectivity index (χ1v) is 4.77. The van der Waals surface area contributed by atoms with E-state index in [0.717, 1.165) is 19.2 Å². The topological polar surface area (TPSA) is 69.4 Å². The minimum Gasteiger partial charge on any atom is -0.468 e. The van der Waals surface area contributed by atoms with Crippen LogP contribution in [0.25, 0.3) is 0 Å². The van der Waals surface area contributed by atoms with E-state index in [2.05, 4.69) is 4.74 Å². The van der Waals surface area contributed by atoms with Crippen molar-refractivity contribution in [1.29, 1.82) is 0 Å². The van der Waals surface area contributed by atoms with Crippen LogP contribution in [0, 0.1) is 11.6 Å². The standard InChI is InChI=1S/C11H11F2NO3/c1-17-11(16)9(14)5-10(15)7-3-2-6(12)4-8(7)13/h2-4,9H,5,14H2,1H3. The first-order valence-electron chi connectivity index (χ1n) is 4.77. The predicted octanol–water partition coefficient (Wildman–Crippen LogP) is 1.04. The summed E-state index contributed by atoms with van der Waals surface area (Å²) in [5, 5.41) is 0. The lowest BCUT2D eigenvalue weighted by Crippen LogP contribution is -2.34. The molecule has 0 saturated carbocycles. The molecule has 0 aromatic heterocycles. The molecule has 1 unspecified atom stereocenters. The lowest BCUT2D eigenvalue weighted by Gasteiger charge is -2.08. The van der Waals surface area contributed by atoms with Crippen LogP contribution in [-0.4, -0.2) is 24.9 Å². The average Bonchev–Trinajstić information content (AvgIpc) is 2.27. The highest BCUT2D eigenvalue weighted by Crippen LogP contribution is 2.12. The first-order chi connectivity index (χ1) is 7.95. The highest BCUT2D eigenvalue weighted by Gasteiger charge is 2.21. The normalized spacial score (nSPS) is 12.0. The Labute approximate surface area is 96.4 Å². The van der Waals surface area contributed by atoms with Crippen molar-refractivity contribution in [3.8, 4) is 0 Å². The third kappa shape index (κ3) is 3.32. The van der Waals surface area contributed by atoms with E-state index in [1.807, 2.05) is 0 Å². The Bertz CT molecular complexity index is 448. The molecule has 0 fully saturated rings. The second kappa shape index (κ2) is 5.49. The van der Waals surface area contributed by atoms with Crippen molar-refractivity contribution in [3.05, 3.63) is 35.4 Å². The van der Waals surface area contributed by atoms with E-state index in [1.54, 1.807) is 0 Å². The second-order valence-electron chi connectivity index (χ2n) is 3.38. The Morgan fingerprint density at radius 1 is 1.41 bits per heavy atom. The van der Waals surface area contributed by atoms with E-state index in [-0.39, 0.29) is 5.56 Å². The summed E-state index contributed by atoms with van der Waals surface area (Å²) in [7, 11) is 1.13. The minimum absolute atomic E-state index is 0.300. The van der Waals surface area contributed by atoms with Crippen LogP contribution in [-0.2, 0) is 9.53 Å². The van der Waals surface area contributed by atoms with Gasteiger partial charge in [0.2, 0.25) is 0 Å². The van der Waals surface area contributed by atoms with Gasteiger partial charge >= 0.3 is 5.97 Å². The molecule has 92 valence electrons. The summed E-state index contributed by atoms with van der Waals surface area (Å²) in [5.41, 5.74) is 5.05. The maximum absolute atomic E-state index is 13.2. The summed E-state index contributed by atoms with van der Waals surface area (Å²) in [6.07, 6.45) is -0.394. The summed E-state index contributed by atoms with van der Waals surface area (Å²) < 4.78 is 30.2. The fourth-order valence-electron chi connectivity index (χ4n) is 1.26. The van der Waals surface area contributed by atoms with E-state index in [9.17, 15) is 18.4 Å². The number of esters is 1. The van der Waals surface area contributed by atoms with Crippen LogP contribution >= 0.6 is 0 Å². The lowest BCUT2D eigenvalue weighted by molar-refractivity contribution is -0.142. The van der Waals surface area contributed by atoms with Crippen LogP contribution in [0.4, 0.5) is 8.78 Å². The third-order valence-corrected chi connectivity index (χ3v) is 2.14. The molecule has 1 atom stereocenters. The Balaban J connectivity index is 2.80. The van der Waals surface area contributed by atoms with Crippen molar-refractivity contribution < 1.29 is 23.1 Å². The molecule has 1 aromatic carbocycles. The maximum atomic E-state index is 13.2. The lowest BCUT2D eigenvalue weighted by atomic mass is 10.0. The van der Waals surface area contributed by atoms with Crippen molar-refractivity contribution in [2.75, 3.05) is 7.11 Å². The quantitative estimate of drug-likeness (QED) is 0.633. The Morgan fingerprint density at radius 2 is 2.06 bits per heavy atom. The van der Waals surface area contributed by atoms with Gasteiger partial charge in [-0.2, -0.15) is 0 Å². The molecule has 0 saturated heterocycles. The van der Waals surface area contributed by atoms with Crippen LogP contribution in [0.2, 0.25) is 0 Å². The summed E-state index contributed by atoms with van der Waals surface area (Å²) in [6.45, 7) is 0. The number of methoxy groups -OCH3 is 1. The number of Topliss-reactive ketones (excluding diaryl/α,β-unsaturated/α-hetero) is 1. The molecular weight excluding hydrogens is 232 g/mol. The maximum Gasteiger partial charge on any atom is 0.323 e. The second-order valence-corrected chi connectivity index (χ2v) is 3.38. The van der Waals surface area contributed by atoms with Crippen LogP contribution in [0.5, 0.6) is 0 Å². The molecule has 0 spiro atoms. The molecule has 0 radical (unpaired) electrons. The van der Waals surface area contributed by atoms with Crippen molar-refractivity contribution in [2.45, 2.75) is 12.5 Å². The molecule has 0 bridgehead atoms. The number of hydrogen-bond acceptors (Lipinski definition) is 4. The van der Waals surface area contributed by atoms with Crippen LogP contribution in [0.1, 0.15) is 16.8 Å². The highest BCUT2D eigenvalue weighted by atomic mass is 19.1. The molecule has 2 N–H and O–H groups in total. The molecule has 4 nitrogen and oxygen atoms in total. The highest BCUT2D eigenvalue weighted by molar-refractivity contribution is 5.99. The average molecular weight is 243 g/mol. The van der Waals surface area contributed by atoms with Gasteiger partial charge in [-0.05, 0) is 12.1 Å². The van der Waals surface area contributed by atoms with Crippen molar-refractivity contribution >= 4 is 11.8 Å². The zero-order valence-corrected chi connectivity index (χ0v) is 9.07. The monoisotopic (exact) mass is 243 g/mol. The Morgan fingerprint density at radius 3 is 2.59 bits per heavy atom. The van der Waals surface area contributed by atoms with E-state index in [1.165, 1.54) is 0 Å². The number of benzene rings is 1. The summed E-state index contributed by atoms with van der Waals surface area (Å²) in [4.78, 5) is 22.5. The van der Waals surface area contributed by atoms with E-state index in [0.29, 0.717) is 6.07 Å². The molecular formula is C11H11F2NO3. The molecule has 0 heterocycles. The summed E-state index contributed by atoms with van der Waals surface area (Å²) >= 11 is 0. The van der Waals surface area contributed by atoms with Gasteiger partial charge in [-0.1, -0.05) is 0 Å². The fourth-order valence-corrected chi connectivity index (χ4v) is 1.26. The van der Waals surface area contributed by atoms with Crippen molar-refractivity contribution in [1.82, 2.24) is 0 Å². The van der Waals surface area contributed by atoms with Gasteiger partial charge in [-0.15, -0.1) is 0 Å². The zero-order valence-electron chi connectivity index (χ0n) is 9.07. The number of carbonyl (C=O) groups is 2. The molecule has 6 heteroatoms. The van der Waals surface area contributed by atoms with Gasteiger partial charge in [0, 0.05) is 12.5 Å². The SMILES string of the molecule is COC(=O)C(N)CC(=O)c1ccc(F)cc1F. The summed E-state index contributed by atoms with van der Waals surface area (Å²) in [5.74, 6) is -3.20. The number of halogens is 2. The van der Waals surface area contributed by atoms with Crippen molar-refractivity contribution in [3.63, 3.8) is 0 Å². The minimum atomic E-state index is -1.16. The van der Waals surface area contributed by atoms with Crippen LogP contribution in [0.3, 0.4) is 0 Å². The smallest absolute Gasteiger partial charge is 0.323 e. The van der Waals surface area contributed by atoms with Crippen molar-refractivity contribution in [2.24, 2.45) is 5.73 Å². The number of nitrogens with two attached hydrogens (primary N) is 1. The van der Waals surface area contributed by atoms with E-state index in [4.69, 9.17) is 5.73 Å². The van der Waals surface area contributed by atoms with Gasteiger partial charge < -0.3 is 10.5 Å². The number of carbonyl (C=O) groups excluding carboxylic acids is 2. The fraction of sp³-hybridized carbons (Fsp3) is 0.273. The Hall–Kier alpha value is -1.82. The Kier molecular flexibility index (Phi) is 4.28. The molecule has 0 aliphatic carbocycles.